The van der Waals surface area contributed by atoms with Gasteiger partial charge in [-0.2, -0.15) is 0 Å². The van der Waals surface area contributed by atoms with Gasteiger partial charge in [0.2, 0.25) is 5.91 Å². The number of nitrogens with one attached hydrogen (secondary N) is 1. The van der Waals surface area contributed by atoms with Crippen molar-refractivity contribution in [2.24, 2.45) is 5.73 Å². The van der Waals surface area contributed by atoms with Gasteiger partial charge in [-0.3, -0.25) is 4.79 Å². The molecule has 0 saturated carbocycles. The smallest absolute Gasteiger partial charge is 0.248 e. The SMILES string of the molecule is CC(C)OCCCNCc1ccc(C(N)=O)cc1. The summed E-state index contributed by atoms with van der Waals surface area (Å²) in [6.45, 7) is 6.57. The van der Waals surface area contributed by atoms with Crippen molar-refractivity contribution in [1.82, 2.24) is 5.32 Å². The quantitative estimate of drug-likeness (QED) is 0.690. The Balaban J connectivity index is 2.17. The Morgan fingerprint density at radius 3 is 2.56 bits per heavy atom. The average molecular weight is 250 g/mol. The number of rotatable bonds is 8. The normalized spacial score (nSPS) is 10.8. The first kappa shape index (κ1) is 14.7. The van der Waals surface area contributed by atoms with E-state index in [2.05, 4.69) is 5.32 Å². The maximum atomic E-state index is 10.9. The second kappa shape index (κ2) is 7.84. The van der Waals surface area contributed by atoms with Gasteiger partial charge in [-0.15, -0.1) is 0 Å². The average Bonchev–Trinajstić information content (AvgIpc) is 2.34. The molecule has 0 unspecified atom stereocenters. The van der Waals surface area contributed by atoms with E-state index in [0.717, 1.165) is 31.7 Å². The van der Waals surface area contributed by atoms with Gasteiger partial charge in [-0.1, -0.05) is 12.1 Å². The summed E-state index contributed by atoms with van der Waals surface area (Å²) in [4.78, 5) is 10.9. The van der Waals surface area contributed by atoms with Crippen LogP contribution in [0, 0.1) is 0 Å². The lowest BCUT2D eigenvalue weighted by molar-refractivity contribution is 0.0770. The number of ether oxygens (including phenoxy) is 1. The van der Waals surface area contributed by atoms with Gasteiger partial charge in [0.25, 0.3) is 0 Å². The molecule has 0 fully saturated rings. The van der Waals surface area contributed by atoms with Crippen LogP contribution in [0.15, 0.2) is 24.3 Å². The second-order valence-electron chi connectivity index (χ2n) is 4.51. The molecule has 0 aromatic heterocycles. The third kappa shape index (κ3) is 5.80. The molecule has 0 aliphatic heterocycles. The number of nitrogens with two attached hydrogens (primary N) is 1. The molecule has 1 amide bonds. The molecule has 0 saturated heterocycles. The summed E-state index contributed by atoms with van der Waals surface area (Å²) in [6.07, 6.45) is 1.30. The third-order valence-corrected chi connectivity index (χ3v) is 2.52. The molecule has 18 heavy (non-hydrogen) atoms. The Morgan fingerprint density at radius 1 is 1.33 bits per heavy atom. The minimum Gasteiger partial charge on any atom is -0.379 e. The van der Waals surface area contributed by atoms with Gasteiger partial charge in [0.15, 0.2) is 0 Å². The maximum Gasteiger partial charge on any atom is 0.248 e. The lowest BCUT2D eigenvalue weighted by Gasteiger charge is -2.08. The van der Waals surface area contributed by atoms with E-state index in [1.165, 1.54) is 0 Å². The molecule has 0 spiro atoms. The Morgan fingerprint density at radius 2 is 2.00 bits per heavy atom. The van der Waals surface area contributed by atoms with Crippen LogP contribution in [-0.4, -0.2) is 25.2 Å². The van der Waals surface area contributed by atoms with Crippen molar-refractivity contribution in [1.29, 1.82) is 0 Å². The lowest BCUT2D eigenvalue weighted by atomic mass is 10.1. The molecule has 0 aliphatic rings. The highest BCUT2D eigenvalue weighted by molar-refractivity contribution is 5.92. The number of amides is 1. The van der Waals surface area contributed by atoms with E-state index in [0.29, 0.717) is 11.7 Å². The molecular weight excluding hydrogens is 228 g/mol. The van der Waals surface area contributed by atoms with Crippen LogP contribution in [0.4, 0.5) is 0 Å². The van der Waals surface area contributed by atoms with Crippen LogP contribution >= 0.6 is 0 Å². The number of hydrogen-bond acceptors (Lipinski definition) is 3. The fourth-order valence-corrected chi connectivity index (χ4v) is 1.54. The van der Waals surface area contributed by atoms with Crippen molar-refractivity contribution in [3.63, 3.8) is 0 Å². The monoisotopic (exact) mass is 250 g/mol. The first-order valence-corrected chi connectivity index (χ1v) is 6.30. The molecule has 3 N–H and O–H groups in total. The highest BCUT2D eigenvalue weighted by Gasteiger charge is 1.99. The van der Waals surface area contributed by atoms with Crippen LogP contribution in [0.2, 0.25) is 0 Å². The number of carbonyl (C=O) groups excluding carboxylic acids is 1. The van der Waals surface area contributed by atoms with Gasteiger partial charge in [0, 0.05) is 18.7 Å². The van der Waals surface area contributed by atoms with Gasteiger partial charge >= 0.3 is 0 Å². The Hall–Kier alpha value is -1.39. The van der Waals surface area contributed by atoms with Crippen molar-refractivity contribution in [2.45, 2.75) is 32.9 Å². The van der Waals surface area contributed by atoms with Crippen molar-refractivity contribution in [3.05, 3.63) is 35.4 Å². The summed E-state index contributed by atoms with van der Waals surface area (Å²) >= 11 is 0. The first-order chi connectivity index (χ1) is 8.59. The number of primary amides is 1. The van der Waals surface area contributed by atoms with Gasteiger partial charge in [-0.25, -0.2) is 0 Å². The highest BCUT2D eigenvalue weighted by atomic mass is 16.5. The zero-order valence-corrected chi connectivity index (χ0v) is 11.1. The van der Waals surface area contributed by atoms with E-state index in [1.54, 1.807) is 12.1 Å². The highest BCUT2D eigenvalue weighted by Crippen LogP contribution is 2.03. The molecule has 0 heterocycles. The van der Waals surface area contributed by atoms with Crippen LogP contribution in [0.25, 0.3) is 0 Å². The van der Waals surface area contributed by atoms with Crippen molar-refractivity contribution < 1.29 is 9.53 Å². The zero-order valence-electron chi connectivity index (χ0n) is 11.1. The summed E-state index contributed by atoms with van der Waals surface area (Å²) < 4.78 is 5.44. The van der Waals surface area contributed by atoms with Gasteiger partial charge < -0.3 is 15.8 Å². The van der Waals surface area contributed by atoms with Gasteiger partial charge in [0.05, 0.1) is 6.10 Å². The topological polar surface area (TPSA) is 64.3 Å². The Kier molecular flexibility index (Phi) is 6.39. The van der Waals surface area contributed by atoms with Gasteiger partial charge in [0.1, 0.15) is 0 Å². The number of hydrogen-bond donors (Lipinski definition) is 2. The molecule has 0 bridgehead atoms. The molecule has 0 aliphatic carbocycles. The molecule has 1 aromatic carbocycles. The predicted octanol–water partition coefficient (Wildman–Crippen LogP) is 1.69. The van der Waals surface area contributed by atoms with Crippen LogP contribution in [0.5, 0.6) is 0 Å². The van der Waals surface area contributed by atoms with E-state index in [4.69, 9.17) is 10.5 Å². The molecular formula is C14H22N2O2. The molecule has 100 valence electrons. The zero-order chi connectivity index (χ0) is 13.4. The minimum atomic E-state index is -0.389. The predicted molar refractivity (Wildman–Crippen MR) is 72.4 cm³/mol. The van der Waals surface area contributed by atoms with Crippen LogP contribution in [0.3, 0.4) is 0 Å². The molecule has 0 atom stereocenters. The lowest BCUT2D eigenvalue weighted by Crippen LogP contribution is -2.17. The van der Waals surface area contributed by atoms with Crippen LogP contribution in [-0.2, 0) is 11.3 Å². The van der Waals surface area contributed by atoms with Crippen LogP contribution < -0.4 is 11.1 Å². The van der Waals surface area contributed by atoms with E-state index in [1.807, 2.05) is 26.0 Å². The summed E-state index contributed by atoms with van der Waals surface area (Å²) in [5.41, 5.74) is 6.86. The Bertz CT molecular complexity index is 361. The fourth-order valence-electron chi connectivity index (χ4n) is 1.54. The van der Waals surface area contributed by atoms with Crippen molar-refractivity contribution >= 4 is 5.91 Å². The number of benzene rings is 1. The molecule has 1 aromatic rings. The number of carbonyl (C=O) groups is 1. The summed E-state index contributed by atoms with van der Waals surface area (Å²) in [6, 6.07) is 7.33. The minimum absolute atomic E-state index is 0.298. The van der Waals surface area contributed by atoms with Crippen molar-refractivity contribution in [2.75, 3.05) is 13.2 Å². The largest absolute Gasteiger partial charge is 0.379 e. The third-order valence-electron chi connectivity index (χ3n) is 2.52. The first-order valence-electron chi connectivity index (χ1n) is 6.30. The standard InChI is InChI=1S/C14H22N2O2/c1-11(2)18-9-3-8-16-10-12-4-6-13(7-5-12)14(15)17/h4-7,11,16H,3,8-10H2,1-2H3,(H2,15,17). The molecule has 1 rings (SSSR count). The van der Waals surface area contributed by atoms with Gasteiger partial charge in [-0.05, 0) is 44.5 Å². The molecule has 4 nitrogen and oxygen atoms in total. The van der Waals surface area contributed by atoms with E-state index < -0.39 is 0 Å². The molecule has 0 radical (unpaired) electrons. The maximum absolute atomic E-state index is 10.9. The fraction of sp³-hybridized carbons (Fsp3) is 0.500. The van der Waals surface area contributed by atoms with E-state index in [9.17, 15) is 4.79 Å². The molecule has 4 heteroatoms. The van der Waals surface area contributed by atoms with E-state index in [-0.39, 0.29) is 5.91 Å². The van der Waals surface area contributed by atoms with E-state index >= 15 is 0 Å². The summed E-state index contributed by atoms with van der Waals surface area (Å²) in [5, 5.41) is 3.33. The second-order valence-corrected chi connectivity index (χ2v) is 4.51. The Labute approximate surface area is 109 Å². The summed E-state index contributed by atoms with van der Waals surface area (Å²) in [7, 11) is 0. The van der Waals surface area contributed by atoms with Crippen molar-refractivity contribution in [3.8, 4) is 0 Å². The summed E-state index contributed by atoms with van der Waals surface area (Å²) in [5.74, 6) is -0.389. The van der Waals surface area contributed by atoms with Crippen LogP contribution in [0.1, 0.15) is 36.2 Å².